The SMILES string of the molecule is C[Si](C)c1ccc(O)c(N)c1. The first-order valence-electron chi connectivity index (χ1n) is 3.50. The molecule has 0 aromatic heterocycles. The van der Waals surface area contributed by atoms with Crippen molar-refractivity contribution in [1.29, 1.82) is 0 Å². The highest BCUT2D eigenvalue weighted by Gasteiger charge is 2.02. The van der Waals surface area contributed by atoms with Crippen LogP contribution in [0.15, 0.2) is 18.2 Å². The third-order valence-electron chi connectivity index (χ3n) is 1.60. The Bertz CT molecular complexity index is 260. The van der Waals surface area contributed by atoms with Crippen LogP contribution in [0.25, 0.3) is 0 Å². The molecule has 3 heteroatoms. The van der Waals surface area contributed by atoms with Gasteiger partial charge in [0.2, 0.25) is 0 Å². The predicted octanol–water partition coefficient (Wildman–Crippen LogP) is 0.936. The molecule has 0 atom stereocenters. The van der Waals surface area contributed by atoms with Crippen LogP contribution in [0.4, 0.5) is 5.69 Å². The molecule has 0 saturated carbocycles. The first-order valence-corrected chi connectivity index (χ1v) is 6.00. The van der Waals surface area contributed by atoms with Gasteiger partial charge in [-0.1, -0.05) is 24.3 Å². The molecule has 0 saturated heterocycles. The van der Waals surface area contributed by atoms with Crippen molar-refractivity contribution in [2.45, 2.75) is 13.1 Å². The summed E-state index contributed by atoms with van der Waals surface area (Å²) in [5.41, 5.74) is 6.00. The second-order valence-electron chi connectivity index (χ2n) is 2.77. The summed E-state index contributed by atoms with van der Waals surface area (Å²) in [7, 11) is -0.442. The number of aromatic hydroxyl groups is 1. The van der Waals surface area contributed by atoms with Gasteiger partial charge in [0.15, 0.2) is 0 Å². The van der Waals surface area contributed by atoms with E-state index in [4.69, 9.17) is 10.8 Å². The van der Waals surface area contributed by atoms with E-state index >= 15 is 0 Å². The summed E-state index contributed by atoms with van der Waals surface area (Å²) in [6.07, 6.45) is 0. The lowest BCUT2D eigenvalue weighted by Gasteiger charge is -2.05. The zero-order valence-corrected chi connectivity index (χ0v) is 7.76. The minimum absolute atomic E-state index is 0.178. The third kappa shape index (κ3) is 1.74. The molecular formula is C8H12NOSi. The molecule has 0 spiro atoms. The molecule has 0 bridgehead atoms. The molecule has 1 radical (unpaired) electrons. The van der Waals surface area contributed by atoms with Crippen LogP contribution < -0.4 is 10.9 Å². The Kier molecular flexibility index (Phi) is 2.19. The number of benzene rings is 1. The van der Waals surface area contributed by atoms with Crippen molar-refractivity contribution in [1.82, 2.24) is 0 Å². The van der Waals surface area contributed by atoms with Crippen LogP contribution in [-0.2, 0) is 0 Å². The van der Waals surface area contributed by atoms with Crippen LogP contribution in [-0.4, -0.2) is 13.9 Å². The number of hydrogen-bond donors (Lipinski definition) is 2. The molecule has 0 aliphatic heterocycles. The van der Waals surface area contributed by atoms with Gasteiger partial charge in [0.1, 0.15) is 5.75 Å². The average Bonchev–Trinajstić information content (AvgIpc) is 1.94. The fourth-order valence-corrected chi connectivity index (χ4v) is 1.73. The van der Waals surface area contributed by atoms with E-state index in [1.54, 1.807) is 6.07 Å². The van der Waals surface area contributed by atoms with E-state index in [0.29, 0.717) is 5.69 Å². The Morgan fingerprint density at radius 3 is 2.45 bits per heavy atom. The topological polar surface area (TPSA) is 46.2 Å². The molecule has 2 nitrogen and oxygen atoms in total. The normalized spacial score (nSPS) is 10.5. The van der Waals surface area contributed by atoms with Gasteiger partial charge in [-0.2, -0.15) is 0 Å². The van der Waals surface area contributed by atoms with Gasteiger partial charge in [-0.3, -0.25) is 0 Å². The van der Waals surface area contributed by atoms with E-state index in [9.17, 15) is 0 Å². The number of nitrogen functional groups attached to an aromatic ring is 1. The van der Waals surface area contributed by atoms with Crippen molar-refractivity contribution < 1.29 is 5.11 Å². The maximum atomic E-state index is 9.11. The zero-order chi connectivity index (χ0) is 8.43. The molecule has 0 aliphatic carbocycles. The first-order chi connectivity index (χ1) is 5.11. The van der Waals surface area contributed by atoms with Gasteiger partial charge in [-0.15, -0.1) is 0 Å². The molecule has 0 fully saturated rings. The fraction of sp³-hybridized carbons (Fsp3) is 0.250. The summed E-state index contributed by atoms with van der Waals surface area (Å²) in [4.78, 5) is 0. The van der Waals surface area contributed by atoms with Crippen LogP contribution in [0.1, 0.15) is 0 Å². The Morgan fingerprint density at radius 2 is 2.00 bits per heavy atom. The molecule has 3 N–H and O–H groups in total. The predicted molar refractivity (Wildman–Crippen MR) is 49.6 cm³/mol. The van der Waals surface area contributed by atoms with Gasteiger partial charge in [-0.25, -0.2) is 0 Å². The molecule has 59 valence electrons. The number of hydrogen-bond acceptors (Lipinski definition) is 2. The van der Waals surface area contributed by atoms with Crippen molar-refractivity contribution in [3.05, 3.63) is 18.2 Å². The quantitative estimate of drug-likeness (QED) is 0.370. The monoisotopic (exact) mass is 166 g/mol. The number of anilines is 1. The molecule has 0 unspecified atom stereocenters. The van der Waals surface area contributed by atoms with Crippen LogP contribution >= 0.6 is 0 Å². The lowest BCUT2D eigenvalue weighted by atomic mass is 10.3. The molecule has 11 heavy (non-hydrogen) atoms. The van der Waals surface area contributed by atoms with Gasteiger partial charge >= 0.3 is 0 Å². The smallest absolute Gasteiger partial charge is 0.138 e. The first kappa shape index (κ1) is 8.14. The van der Waals surface area contributed by atoms with Gasteiger partial charge < -0.3 is 10.8 Å². The van der Waals surface area contributed by atoms with E-state index in [-0.39, 0.29) is 5.75 Å². The lowest BCUT2D eigenvalue weighted by Crippen LogP contribution is -2.22. The molecule has 1 aromatic rings. The Morgan fingerprint density at radius 1 is 1.36 bits per heavy atom. The van der Waals surface area contributed by atoms with Gasteiger partial charge in [-0.05, 0) is 12.1 Å². The van der Waals surface area contributed by atoms with Crippen LogP contribution in [0.3, 0.4) is 0 Å². The maximum Gasteiger partial charge on any atom is 0.138 e. The summed E-state index contributed by atoms with van der Waals surface area (Å²) in [6.45, 7) is 4.38. The minimum atomic E-state index is -0.442. The third-order valence-corrected chi connectivity index (χ3v) is 3.07. The summed E-state index contributed by atoms with van der Waals surface area (Å²) >= 11 is 0. The van der Waals surface area contributed by atoms with Crippen LogP contribution in [0, 0.1) is 0 Å². The van der Waals surface area contributed by atoms with E-state index in [1.807, 2.05) is 12.1 Å². The Hall–Kier alpha value is -0.963. The average molecular weight is 166 g/mol. The summed E-state index contributed by atoms with van der Waals surface area (Å²) in [5.74, 6) is 0.178. The van der Waals surface area contributed by atoms with Gasteiger partial charge in [0.05, 0.1) is 14.5 Å². The van der Waals surface area contributed by atoms with Gasteiger partial charge in [0.25, 0.3) is 0 Å². The number of phenolic OH excluding ortho intramolecular Hbond substituents is 1. The number of rotatable bonds is 1. The molecule has 0 aliphatic rings. The number of nitrogens with two attached hydrogens (primary N) is 1. The molecule has 0 heterocycles. The standard InChI is InChI=1S/C8H12NOSi/c1-11(2)6-3-4-8(10)7(9)5-6/h3-5,10H,9H2,1-2H3. The van der Waals surface area contributed by atoms with Crippen molar-refractivity contribution in [3.8, 4) is 5.75 Å². The van der Waals surface area contributed by atoms with Crippen LogP contribution in [0.2, 0.25) is 13.1 Å². The van der Waals surface area contributed by atoms with E-state index in [2.05, 4.69) is 13.1 Å². The molecule has 1 rings (SSSR count). The summed E-state index contributed by atoms with van der Waals surface area (Å²) in [5, 5.41) is 10.4. The summed E-state index contributed by atoms with van der Waals surface area (Å²) in [6, 6.07) is 5.44. The fourth-order valence-electron chi connectivity index (χ4n) is 0.866. The van der Waals surface area contributed by atoms with Crippen molar-refractivity contribution in [3.63, 3.8) is 0 Å². The van der Waals surface area contributed by atoms with Crippen molar-refractivity contribution >= 4 is 19.7 Å². The second kappa shape index (κ2) is 2.96. The van der Waals surface area contributed by atoms with E-state index in [0.717, 1.165) is 0 Å². The molecular weight excluding hydrogens is 154 g/mol. The second-order valence-corrected chi connectivity index (χ2v) is 5.35. The Balaban J connectivity index is 3.05. The van der Waals surface area contributed by atoms with Crippen LogP contribution in [0.5, 0.6) is 5.75 Å². The van der Waals surface area contributed by atoms with Crippen molar-refractivity contribution in [2.24, 2.45) is 0 Å². The van der Waals surface area contributed by atoms with E-state index in [1.165, 1.54) is 5.19 Å². The largest absolute Gasteiger partial charge is 0.506 e. The van der Waals surface area contributed by atoms with E-state index < -0.39 is 8.80 Å². The molecule has 0 amide bonds. The zero-order valence-electron chi connectivity index (χ0n) is 6.76. The maximum absolute atomic E-state index is 9.11. The highest BCUT2D eigenvalue weighted by Crippen LogP contribution is 2.16. The molecule has 1 aromatic carbocycles. The highest BCUT2D eigenvalue weighted by atomic mass is 28.3. The lowest BCUT2D eigenvalue weighted by molar-refractivity contribution is 0.478. The summed E-state index contributed by atoms with van der Waals surface area (Å²) < 4.78 is 0. The van der Waals surface area contributed by atoms with Crippen molar-refractivity contribution in [2.75, 3.05) is 5.73 Å². The minimum Gasteiger partial charge on any atom is -0.506 e. The highest BCUT2D eigenvalue weighted by molar-refractivity contribution is 6.70. The van der Waals surface area contributed by atoms with Gasteiger partial charge in [0, 0.05) is 0 Å². The number of phenols is 1. The Labute approximate surface area is 68.3 Å².